The lowest BCUT2D eigenvalue weighted by molar-refractivity contribution is -0.136. The van der Waals surface area contributed by atoms with Crippen LogP contribution in [0.4, 0.5) is 0 Å². The predicted molar refractivity (Wildman–Crippen MR) is 64.2 cm³/mol. The molecule has 0 aliphatic rings. The maximum atomic E-state index is 10.6. The molecular weight excluding hydrogens is 220 g/mol. The van der Waals surface area contributed by atoms with Gasteiger partial charge in [-0.2, -0.15) is 0 Å². The molecule has 1 rings (SSSR count). The lowest BCUT2D eigenvalue weighted by Gasteiger charge is -2.21. The number of ether oxygens (including phenoxy) is 1. The van der Waals surface area contributed by atoms with Gasteiger partial charge in [-0.05, 0) is 31.0 Å². The van der Waals surface area contributed by atoms with Crippen molar-refractivity contribution in [1.29, 1.82) is 0 Å². The maximum absolute atomic E-state index is 10.6. The van der Waals surface area contributed by atoms with E-state index in [0.717, 1.165) is 0 Å². The van der Waals surface area contributed by atoms with E-state index in [0.29, 0.717) is 17.7 Å². The molecule has 2 N–H and O–H groups in total. The fourth-order valence-electron chi connectivity index (χ4n) is 1.26. The van der Waals surface area contributed by atoms with Crippen molar-refractivity contribution < 1.29 is 19.7 Å². The number of benzene rings is 1. The van der Waals surface area contributed by atoms with Crippen molar-refractivity contribution in [2.75, 3.05) is 6.61 Å². The van der Waals surface area contributed by atoms with Crippen LogP contribution in [0.15, 0.2) is 24.3 Å². The standard InChI is InChI=1S/C13H18O4/c1-3-13(2,16)9-17-11-6-4-5-10(7-11)8-12(14)15/h4-7,16H,3,8-9H2,1-2H3,(H,14,15). The molecule has 0 bridgehead atoms. The number of carbonyl (C=O) groups is 1. The van der Waals surface area contributed by atoms with Crippen LogP contribution < -0.4 is 4.74 Å². The third-order valence-electron chi connectivity index (χ3n) is 2.57. The zero-order chi connectivity index (χ0) is 12.9. The molecule has 0 aliphatic carbocycles. The second-order valence-electron chi connectivity index (χ2n) is 4.36. The second kappa shape index (κ2) is 5.68. The van der Waals surface area contributed by atoms with Crippen LogP contribution in [0.3, 0.4) is 0 Å². The lowest BCUT2D eigenvalue weighted by Crippen LogP contribution is -2.31. The van der Waals surface area contributed by atoms with E-state index in [9.17, 15) is 9.90 Å². The van der Waals surface area contributed by atoms with Gasteiger partial charge in [-0.1, -0.05) is 19.1 Å². The zero-order valence-electron chi connectivity index (χ0n) is 10.1. The fourth-order valence-corrected chi connectivity index (χ4v) is 1.26. The van der Waals surface area contributed by atoms with Crippen molar-refractivity contribution in [1.82, 2.24) is 0 Å². The quantitative estimate of drug-likeness (QED) is 0.793. The van der Waals surface area contributed by atoms with Crippen molar-refractivity contribution in [3.8, 4) is 5.75 Å². The largest absolute Gasteiger partial charge is 0.491 e. The Morgan fingerprint density at radius 3 is 2.76 bits per heavy atom. The van der Waals surface area contributed by atoms with Gasteiger partial charge >= 0.3 is 5.97 Å². The van der Waals surface area contributed by atoms with E-state index < -0.39 is 11.6 Å². The Labute approximate surface area is 101 Å². The number of carboxylic acid groups (broad SMARTS) is 1. The van der Waals surface area contributed by atoms with Crippen LogP contribution in [-0.2, 0) is 11.2 Å². The van der Waals surface area contributed by atoms with Gasteiger partial charge in [-0.25, -0.2) is 0 Å². The molecule has 1 unspecified atom stereocenters. The van der Waals surface area contributed by atoms with E-state index in [1.165, 1.54) is 0 Å². The van der Waals surface area contributed by atoms with Gasteiger partial charge < -0.3 is 14.9 Å². The SMILES string of the molecule is CCC(C)(O)COc1cccc(CC(=O)O)c1. The highest BCUT2D eigenvalue weighted by Crippen LogP contribution is 2.17. The lowest BCUT2D eigenvalue weighted by atomic mass is 10.1. The number of aliphatic hydroxyl groups is 1. The van der Waals surface area contributed by atoms with Gasteiger partial charge in [0, 0.05) is 0 Å². The van der Waals surface area contributed by atoms with E-state index in [2.05, 4.69) is 0 Å². The molecule has 0 saturated carbocycles. The summed E-state index contributed by atoms with van der Waals surface area (Å²) in [6.45, 7) is 3.78. The average Bonchev–Trinajstić information content (AvgIpc) is 2.26. The molecule has 0 radical (unpaired) electrons. The zero-order valence-corrected chi connectivity index (χ0v) is 10.1. The minimum atomic E-state index is -0.872. The summed E-state index contributed by atoms with van der Waals surface area (Å²) in [6.07, 6.45) is 0.573. The van der Waals surface area contributed by atoms with Crippen molar-refractivity contribution >= 4 is 5.97 Å². The number of hydrogen-bond acceptors (Lipinski definition) is 3. The van der Waals surface area contributed by atoms with Gasteiger partial charge in [0.1, 0.15) is 12.4 Å². The highest BCUT2D eigenvalue weighted by Gasteiger charge is 2.18. The summed E-state index contributed by atoms with van der Waals surface area (Å²) in [5, 5.41) is 18.5. The molecule has 0 spiro atoms. The Morgan fingerprint density at radius 1 is 1.47 bits per heavy atom. The first-order valence-corrected chi connectivity index (χ1v) is 5.59. The summed E-state index contributed by atoms with van der Waals surface area (Å²) in [5.41, 5.74) is -0.172. The summed E-state index contributed by atoms with van der Waals surface area (Å²) in [7, 11) is 0. The van der Waals surface area contributed by atoms with Gasteiger partial charge in [-0.15, -0.1) is 0 Å². The summed E-state index contributed by atoms with van der Waals surface area (Å²) in [6, 6.07) is 6.91. The van der Waals surface area contributed by atoms with Crippen LogP contribution in [0.5, 0.6) is 5.75 Å². The molecule has 1 atom stereocenters. The molecule has 4 nitrogen and oxygen atoms in total. The Morgan fingerprint density at radius 2 is 2.18 bits per heavy atom. The molecule has 0 heterocycles. The predicted octanol–water partition coefficient (Wildman–Crippen LogP) is 1.85. The van der Waals surface area contributed by atoms with Crippen LogP contribution in [0.2, 0.25) is 0 Å². The molecule has 0 amide bonds. The Balaban J connectivity index is 2.63. The summed E-state index contributed by atoms with van der Waals surface area (Å²) < 4.78 is 5.44. The van der Waals surface area contributed by atoms with Gasteiger partial charge in [0.05, 0.1) is 12.0 Å². The first kappa shape index (κ1) is 13.5. The molecular formula is C13H18O4. The molecule has 0 saturated heterocycles. The average molecular weight is 238 g/mol. The van der Waals surface area contributed by atoms with Crippen LogP contribution in [0.25, 0.3) is 0 Å². The van der Waals surface area contributed by atoms with Crippen molar-refractivity contribution in [3.05, 3.63) is 29.8 Å². The monoisotopic (exact) mass is 238 g/mol. The molecule has 1 aromatic carbocycles. The van der Waals surface area contributed by atoms with Crippen LogP contribution in [-0.4, -0.2) is 28.4 Å². The van der Waals surface area contributed by atoms with Crippen molar-refractivity contribution in [2.45, 2.75) is 32.3 Å². The summed E-state index contributed by atoms with van der Waals surface area (Å²) in [4.78, 5) is 10.6. The van der Waals surface area contributed by atoms with Crippen LogP contribution in [0, 0.1) is 0 Å². The number of hydrogen-bond donors (Lipinski definition) is 2. The minimum absolute atomic E-state index is 0.0264. The third kappa shape index (κ3) is 4.87. The topological polar surface area (TPSA) is 66.8 Å². The van der Waals surface area contributed by atoms with Gasteiger partial charge in [0.15, 0.2) is 0 Å². The Hall–Kier alpha value is -1.55. The molecule has 17 heavy (non-hydrogen) atoms. The third-order valence-corrected chi connectivity index (χ3v) is 2.57. The number of aliphatic carboxylic acids is 1. The van der Waals surface area contributed by atoms with Crippen molar-refractivity contribution in [2.24, 2.45) is 0 Å². The normalized spacial score (nSPS) is 14.1. The molecule has 0 fully saturated rings. The maximum Gasteiger partial charge on any atom is 0.307 e. The molecule has 0 aromatic heterocycles. The molecule has 94 valence electrons. The Kier molecular flexibility index (Phi) is 4.52. The van der Waals surface area contributed by atoms with E-state index in [4.69, 9.17) is 9.84 Å². The summed E-state index contributed by atoms with van der Waals surface area (Å²) >= 11 is 0. The van der Waals surface area contributed by atoms with E-state index in [-0.39, 0.29) is 13.0 Å². The Bertz CT molecular complexity index is 385. The van der Waals surface area contributed by atoms with Crippen LogP contribution in [0.1, 0.15) is 25.8 Å². The van der Waals surface area contributed by atoms with Crippen molar-refractivity contribution in [3.63, 3.8) is 0 Å². The highest BCUT2D eigenvalue weighted by atomic mass is 16.5. The van der Waals surface area contributed by atoms with E-state index in [1.807, 2.05) is 6.92 Å². The molecule has 1 aromatic rings. The minimum Gasteiger partial charge on any atom is -0.491 e. The molecule has 4 heteroatoms. The van der Waals surface area contributed by atoms with E-state index in [1.54, 1.807) is 31.2 Å². The fraction of sp³-hybridized carbons (Fsp3) is 0.462. The first-order chi connectivity index (χ1) is 7.93. The van der Waals surface area contributed by atoms with Gasteiger partial charge in [-0.3, -0.25) is 4.79 Å². The smallest absolute Gasteiger partial charge is 0.307 e. The molecule has 0 aliphatic heterocycles. The first-order valence-electron chi connectivity index (χ1n) is 5.59. The van der Waals surface area contributed by atoms with Gasteiger partial charge in [0.2, 0.25) is 0 Å². The summed E-state index contributed by atoms with van der Waals surface area (Å²) in [5.74, 6) is -0.292. The van der Waals surface area contributed by atoms with E-state index >= 15 is 0 Å². The highest BCUT2D eigenvalue weighted by molar-refractivity contribution is 5.70. The number of rotatable bonds is 6. The number of carboxylic acids is 1. The second-order valence-corrected chi connectivity index (χ2v) is 4.36. The van der Waals surface area contributed by atoms with Gasteiger partial charge in [0.25, 0.3) is 0 Å². The van der Waals surface area contributed by atoms with Crippen LogP contribution >= 0.6 is 0 Å².